The molecule has 2 heterocycles. The van der Waals surface area contributed by atoms with Gasteiger partial charge in [0.1, 0.15) is 0 Å². The summed E-state index contributed by atoms with van der Waals surface area (Å²) in [6.07, 6.45) is 3.60. The summed E-state index contributed by atoms with van der Waals surface area (Å²) < 4.78 is 2.02. The Bertz CT molecular complexity index is 1150. The molecule has 2 aromatic carbocycles. The van der Waals surface area contributed by atoms with Crippen LogP contribution in [0.4, 0.5) is 5.13 Å². The van der Waals surface area contributed by atoms with Crippen molar-refractivity contribution in [1.82, 2.24) is 14.8 Å². The van der Waals surface area contributed by atoms with Crippen LogP contribution in [0.15, 0.2) is 66.3 Å². The second-order valence-electron chi connectivity index (χ2n) is 8.36. The maximum atomic E-state index is 13.3. The van der Waals surface area contributed by atoms with Crippen molar-refractivity contribution in [1.29, 1.82) is 0 Å². The molecule has 0 spiro atoms. The van der Waals surface area contributed by atoms with E-state index in [0.29, 0.717) is 11.2 Å². The standard InChI is InChI=1S/C24H26N4OS/c1-16(2)28-20-11-10-18(14-19(20)15-26-28)21(17-8-6-5-7-9-17)24(3,4)22(29)27-23-25-12-13-30-23/h5-16,21H,1-4H3,(H,25,27,29). The van der Waals surface area contributed by atoms with Gasteiger partial charge in [-0.15, -0.1) is 11.3 Å². The zero-order chi connectivity index (χ0) is 21.3. The van der Waals surface area contributed by atoms with Crippen LogP contribution >= 0.6 is 11.3 Å². The number of anilines is 1. The van der Waals surface area contributed by atoms with Crippen LogP contribution in [0.2, 0.25) is 0 Å². The molecule has 0 fully saturated rings. The highest BCUT2D eigenvalue weighted by molar-refractivity contribution is 7.13. The number of fused-ring (bicyclic) bond motifs is 1. The van der Waals surface area contributed by atoms with Gasteiger partial charge < -0.3 is 5.32 Å². The number of rotatable bonds is 6. The van der Waals surface area contributed by atoms with Crippen LogP contribution in [-0.4, -0.2) is 20.7 Å². The van der Waals surface area contributed by atoms with Gasteiger partial charge in [-0.1, -0.05) is 50.2 Å². The average molecular weight is 419 g/mol. The number of hydrogen-bond donors (Lipinski definition) is 1. The van der Waals surface area contributed by atoms with Crippen LogP contribution in [0.3, 0.4) is 0 Å². The molecule has 1 unspecified atom stereocenters. The molecular formula is C24H26N4OS. The molecular weight excluding hydrogens is 392 g/mol. The van der Waals surface area contributed by atoms with Crippen LogP contribution in [-0.2, 0) is 4.79 Å². The summed E-state index contributed by atoms with van der Waals surface area (Å²) in [7, 11) is 0. The predicted molar refractivity (Wildman–Crippen MR) is 123 cm³/mol. The monoisotopic (exact) mass is 418 g/mol. The molecule has 1 N–H and O–H groups in total. The maximum absolute atomic E-state index is 13.3. The molecule has 4 rings (SSSR count). The zero-order valence-corrected chi connectivity index (χ0v) is 18.5. The molecule has 1 atom stereocenters. The van der Waals surface area contributed by atoms with Crippen LogP contribution < -0.4 is 5.32 Å². The molecule has 4 aromatic rings. The van der Waals surface area contributed by atoms with E-state index in [1.807, 2.05) is 48.3 Å². The molecule has 0 saturated carbocycles. The predicted octanol–water partition coefficient (Wildman–Crippen LogP) is 5.87. The van der Waals surface area contributed by atoms with Crippen molar-refractivity contribution in [2.45, 2.75) is 39.7 Å². The minimum absolute atomic E-state index is 0.0516. The van der Waals surface area contributed by atoms with Crippen molar-refractivity contribution in [3.63, 3.8) is 0 Å². The molecule has 0 saturated heterocycles. The van der Waals surface area contributed by atoms with Gasteiger partial charge in [-0.3, -0.25) is 9.48 Å². The molecule has 2 aromatic heterocycles. The Labute approximate surface area is 180 Å². The lowest BCUT2D eigenvalue weighted by molar-refractivity contribution is -0.124. The Kier molecular flexibility index (Phi) is 5.43. The normalized spacial score (nSPS) is 13.0. The lowest BCUT2D eigenvalue weighted by atomic mass is 9.70. The average Bonchev–Trinajstić information content (AvgIpc) is 3.38. The first-order valence-electron chi connectivity index (χ1n) is 10.1. The first-order chi connectivity index (χ1) is 14.4. The number of benzene rings is 2. The minimum atomic E-state index is -0.700. The van der Waals surface area contributed by atoms with Gasteiger partial charge in [0, 0.05) is 28.9 Å². The maximum Gasteiger partial charge on any atom is 0.232 e. The van der Waals surface area contributed by atoms with E-state index >= 15 is 0 Å². The van der Waals surface area contributed by atoms with Gasteiger partial charge >= 0.3 is 0 Å². The molecule has 0 aliphatic heterocycles. The molecule has 5 nitrogen and oxygen atoms in total. The van der Waals surface area contributed by atoms with Crippen LogP contribution in [0, 0.1) is 5.41 Å². The van der Waals surface area contributed by atoms with E-state index in [-0.39, 0.29) is 11.8 Å². The number of nitrogens with zero attached hydrogens (tertiary/aromatic N) is 3. The topological polar surface area (TPSA) is 59.8 Å². The van der Waals surface area contributed by atoms with Gasteiger partial charge in [-0.2, -0.15) is 5.10 Å². The summed E-state index contributed by atoms with van der Waals surface area (Å²) in [6.45, 7) is 8.24. The van der Waals surface area contributed by atoms with E-state index in [1.54, 1.807) is 6.20 Å². The molecule has 1 amide bonds. The van der Waals surface area contributed by atoms with Crippen LogP contribution in [0.1, 0.15) is 50.8 Å². The van der Waals surface area contributed by atoms with Crippen LogP contribution in [0.25, 0.3) is 10.9 Å². The third-order valence-corrected chi connectivity index (χ3v) is 6.22. The first-order valence-corrected chi connectivity index (χ1v) is 11.0. The summed E-state index contributed by atoms with van der Waals surface area (Å²) in [6, 6.07) is 16.9. The molecule has 6 heteroatoms. The number of amides is 1. The summed E-state index contributed by atoms with van der Waals surface area (Å²) in [4.78, 5) is 17.5. The highest BCUT2D eigenvalue weighted by Gasteiger charge is 2.39. The Morgan fingerprint density at radius 2 is 1.87 bits per heavy atom. The largest absolute Gasteiger partial charge is 0.301 e. The first kappa shape index (κ1) is 20.3. The molecule has 154 valence electrons. The quantitative estimate of drug-likeness (QED) is 0.426. The summed E-state index contributed by atoms with van der Waals surface area (Å²) in [5, 5.41) is 11.1. The number of carbonyl (C=O) groups excluding carboxylic acids is 1. The Morgan fingerprint density at radius 3 is 2.53 bits per heavy atom. The fraction of sp³-hybridized carbons (Fsp3) is 0.292. The third-order valence-electron chi connectivity index (χ3n) is 5.53. The van der Waals surface area contributed by atoms with E-state index in [0.717, 1.165) is 22.0 Å². The fourth-order valence-corrected chi connectivity index (χ4v) is 4.53. The van der Waals surface area contributed by atoms with Gasteiger partial charge in [-0.05, 0) is 37.1 Å². The highest BCUT2D eigenvalue weighted by Crippen LogP contribution is 2.42. The van der Waals surface area contributed by atoms with Crippen molar-refractivity contribution in [2.24, 2.45) is 5.41 Å². The van der Waals surface area contributed by atoms with Gasteiger partial charge in [0.2, 0.25) is 5.91 Å². The van der Waals surface area contributed by atoms with E-state index in [1.165, 1.54) is 11.3 Å². The minimum Gasteiger partial charge on any atom is -0.301 e. The van der Waals surface area contributed by atoms with Gasteiger partial charge in [0.05, 0.1) is 17.1 Å². The van der Waals surface area contributed by atoms with Crippen molar-refractivity contribution in [2.75, 3.05) is 5.32 Å². The number of aromatic nitrogens is 3. The second-order valence-corrected chi connectivity index (χ2v) is 9.25. The van der Waals surface area contributed by atoms with Crippen molar-refractivity contribution in [3.8, 4) is 0 Å². The lowest BCUT2D eigenvalue weighted by Crippen LogP contribution is -2.37. The Hall–Kier alpha value is -2.99. The molecule has 0 bridgehead atoms. The van der Waals surface area contributed by atoms with E-state index in [4.69, 9.17) is 0 Å². The summed E-state index contributed by atoms with van der Waals surface area (Å²) in [5.74, 6) is -0.172. The smallest absolute Gasteiger partial charge is 0.232 e. The number of nitrogens with one attached hydrogen (secondary N) is 1. The Balaban J connectivity index is 1.79. The van der Waals surface area contributed by atoms with Gasteiger partial charge in [-0.25, -0.2) is 4.98 Å². The number of carbonyl (C=O) groups is 1. The molecule has 0 aliphatic rings. The number of hydrogen-bond acceptors (Lipinski definition) is 4. The van der Waals surface area contributed by atoms with Crippen molar-refractivity contribution in [3.05, 3.63) is 77.4 Å². The summed E-state index contributed by atoms with van der Waals surface area (Å²) >= 11 is 1.42. The third kappa shape index (κ3) is 3.75. The van der Waals surface area contributed by atoms with E-state index in [9.17, 15) is 4.79 Å². The second kappa shape index (κ2) is 8.03. The molecule has 0 aliphatic carbocycles. The zero-order valence-electron chi connectivity index (χ0n) is 17.7. The van der Waals surface area contributed by atoms with Crippen molar-refractivity contribution < 1.29 is 4.79 Å². The van der Waals surface area contributed by atoms with Gasteiger partial charge in [0.15, 0.2) is 5.13 Å². The van der Waals surface area contributed by atoms with E-state index in [2.05, 4.69) is 59.6 Å². The van der Waals surface area contributed by atoms with Crippen LogP contribution in [0.5, 0.6) is 0 Å². The molecule has 0 radical (unpaired) electrons. The lowest BCUT2D eigenvalue weighted by Gasteiger charge is -2.34. The number of thiazole rings is 1. The van der Waals surface area contributed by atoms with Crippen molar-refractivity contribution >= 4 is 33.3 Å². The summed E-state index contributed by atoms with van der Waals surface area (Å²) in [5.41, 5.74) is 2.60. The SMILES string of the molecule is CC(C)n1ncc2cc(C(c3ccccc3)C(C)(C)C(=O)Nc3nccs3)ccc21. The highest BCUT2D eigenvalue weighted by atomic mass is 32.1. The van der Waals surface area contributed by atoms with Gasteiger partial charge in [0.25, 0.3) is 0 Å². The molecule has 30 heavy (non-hydrogen) atoms. The van der Waals surface area contributed by atoms with E-state index < -0.39 is 5.41 Å². The fourth-order valence-electron chi connectivity index (χ4n) is 4.01. The Morgan fingerprint density at radius 1 is 1.10 bits per heavy atom.